The van der Waals surface area contributed by atoms with Crippen LogP contribution in [0.4, 0.5) is 5.69 Å². The number of esters is 1. The fraction of sp³-hybridized carbons (Fsp3) is 0.231. The van der Waals surface area contributed by atoms with Crippen molar-refractivity contribution < 1.29 is 14.6 Å². The van der Waals surface area contributed by atoms with Gasteiger partial charge in [0.05, 0.1) is 12.2 Å². The number of nitriles is 1. The topological polar surface area (TPSA) is 95.0 Å². The van der Waals surface area contributed by atoms with Crippen molar-refractivity contribution in [2.24, 2.45) is 10.2 Å². The summed E-state index contributed by atoms with van der Waals surface area (Å²) in [4.78, 5) is 11.5. The molecule has 0 unspecified atom stereocenters. The molecule has 0 spiro atoms. The number of hydrogen-bond acceptors (Lipinski definition) is 6. The van der Waals surface area contributed by atoms with Gasteiger partial charge in [0.15, 0.2) is 0 Å². The van der Waals surface area contributed by atoms with Gasteiger partial charge in [-0.3, -0.25) is 0 Å². The molecule has 1 aromatic carbocycles. The van der Waals surface area contributed by atoms with Crippen LogP contribution in [0.5, 0.6) is 0 Å². The number of aliphatic hydroxyl groups excluding tert-OH is 1. The normalized spacial score (nSPS) is 11.8. The number of aliphatic hydroxyl groups is 1. The van der Waals surface area contributed by atoms with Crippen molar-refractivity contribution in [3.05, 3.63) is 41.3 Å². The van der Waals surface area contributed by atoms with Gasteiger partial charge in [0, 0.05) is 0 Å². The third-order valence-electron chi connectivity index (χ3n) is 2.09. The van der Waals surface area contributed by atoms with E-state index in [9.17, 15) is 9.90 Å². The average Bonchev–Trinajstić information content (AvgIpc) is 2.39. The second-order valence-corrected chi connectivity index (χ2v) is 3.48. The molecule has 0 saturated heterocycles. The Kier molecular flexibility index (Phi) is 5.23. The summed E-state index contributed by atoms with van der Waals surface area (Å²) in [6.45, 7) is 3.12. The second kappa shape index (κ2) is 6.91. The van der Waals surface area contributed by atoms with Gasteiger partial charge >= 0.3 is 5.97 Å². The fourth-order valence-electron chi connectivity index (χ4n) is 1.22. The highest BCUT2D eigenvalue weighted by atomic mass is 16.5. The Morgan fingerprint density at radius 3 is 2.74 bits per heavy atom. The number of azo groups is 1. The Hall–Kier alpha value is -2.68. The molecule has 0 fully saturated rings. The van der Waals surface area contributed by atoms with Crippen molar-refractivity contribution in [2.45, 2.75) is 13.8 Å². The molecule has 0 aliphatic heterocycles. The smallest absolute Gasteiger partial charge is 0.362 e. The van der Waals surface area contributed by atoms with E-state index in [4.69, 9.17) is 10.00 Å². The van der Waals surface area contributed by atoms with Crippen LogP contribution in [0.2, 0.25) is 0 Å². The minimum absolute atomic E-state index is 0.167. The van der Waals surface area contributed by atoms with E-state index in [1.165, 1.54) is 6.92 Å². The lowest BCUT2D eigenvalue weighted by atomic mass is 10.2. The SMILES string of the molecule is CCOC(=O)/C(N=Nc1ccccc1C#N)=C(\C)O. The highest BCUT2D eigenvalue weighted by Gasteiger charge is 2.14. The molecular weight excluding hydrogens is 246 g/mol. The maximum absolute atomic E-state index is 11.5. The number of carbonyl (C=O) groups excluding carboxylic acids is 1. The molecule has 0 amide bonds. The van der Waals surface area contributed by atoms with Crippen molar-refractivity contribution in [3.8, 4) is 6.07 Å². The van der Waals surface area contributed by atoms with E-state index in [2.05, 4.69) is 10.2 Å². The van der Waals surface area contributed by atoms with E-state index in [0.717, 1.165) is 0 Å². The lowest BCUT2D eigenvalue weighted by molar-refractivity contribution is -0.138. The van der Waals surface area contributed by atoms with Crippen molar-refractivity contribution in [1.29, 1.82) is 5.26 Å². The summed E-state index contributed by atoms with van der Waals surface area (Å²) in [5.74, 6) is -1.06. The van der Waals surface area contributed by atoms with E-state index >= 15 is 0 Å². The molecule has 1 rings (SSSR count). The molecule has 6 heteroatoms. The number of carbonyl (C=O) groups is 1. The van der Waals surface area contributed by atoms with Crippen molar-refractivity contribution in [2.75, 3.05) is 6.61 Å². The molecule has 0 aliphatic rings. The Morgan fingerprint density at radius 2 is 2.16 bits per heavy atom. The molecule has 19 heavy (non-hydrogen) atoms. The van der Waals surface area contributed by atoms with Gasteiger partial charge in [0.1, 0.15) is 17.5 Å². The van der Waals surface area contributed by atoms with Gasteiger partial charge < -0.3 is 9.84 Å². The molecule has 1 N–H and O–H groups in total. The maximum Gasteiger partial charge on any atom is 0.362 e. The molecule has 0 radical (unpaired) electrons. The van der Waals surface area contributed by atoms with Crippen LogP contribution >= 0.6 is 0 Å². The Bertz CT molecular complexity index is 567. The summed E-state index contributed by atoms with van der Waals surface area (Å²) in [6.07, 6.45) is 0. The molecule has 0 atom stereocenters. The molecule has 98 valence electrons. The zero-order chi connectivity index (χ0) is 14.3. The highest BCUT2D eigenvalue weighted by Crippen LogP contribution is 2.19. The Balaban J connectivity index is 3.05. The molecule has 0 aliphatic carbocycles. The first-order valence-electron chi connectivity index (χ1n) is 5.58. The van der Waals surface area contributed by atoms with Crippen molar-refractivity contribution in [3.63, 3.8) is 0 Å². The first kappa shape index (κ1) is 14.4. The van der Waals surface area contributed by atoms with Gasteiger partial charge in [-0.2, -0.15) is 5.26 Å². The predicted molar refractivity (Wildman–Crippen MR) is 67.6 cm³/mol. The van der Waals surface area contributed by atoms with Gasteiger partial charge in [0.2, 0.25) is 5.70 Å². The fourth-order valence-corrected chi connectivity index (χ4v) is 1.22. The van der Waals surface area contributed by atoms with E-state index < -0.39 is 5.97 Å². The molecule has 0 bridgehead atoms. The third kappa shape index (κ3) is 3.92. The van der Waals surface area contributed by atoms with E-state index in [1.54, 1.807) is 31.2 Å². The van der Waals surface area contributed by atoms with Crippen molar-refractivity contribution >= 4 is 11.7 Å². The van der Waals surface area contributed by atoms with Crippen LogP contribution in [0.3, 0.4) is 0 Å². The molecule has 6 nitrogen and oxygen atoms in total. The first-order valence-corrected chi connectivity index (χ1v) is 5.58. The highest BCUT2D eigenvalue weighted by molar-refractivity contribution is 5.88. The number of hydrogen-bond donors (Lipinski definition) is 1. The predicted octanol–water partition coefficient (Wildman–Crippen LogP) is 2.99. The summed E-state index contributed by atoms with van der Waals surface area (Å²) < 4.78 is 4.73. The van der Waals surface area contributed by atoms with Gasteiger partial charge in [-0.1, -0.05) is 12.1 Å². The summed E-state index contributed by atoms with van der Waals surface area (Å²) in [6, 6.07) is 8.49. The summed E-state index contributed by atoms with van der Waals surface area (Å²) in [7, 11) is 0. The largest absolute Gasteiger partial charge is 0.510 e. The molecule has 1 aromatic rings. The van der Waals surface area contributed by atoms with Crippen LogP contribution in [0.15, 0.2) is 46.0 Å². The standard InChI is InChI=1S/C13H13N3O3/c1-3-19-13(18)12(9(2)17)16-15-11-7-5-4-6-10(11)8-14/h4-7,17H,3H2,1-2H3/b12-9-,16-15?. The summed E-state index contributed by atoms with van der Waals surface area (Å²) in [5.41, 5.74) is 0.354. The first-order chi connectivity index (χ1) is 9.10. The van der Waals surface area contributed by atoms with E-state index in [-0.39, 0.29) is 18.1 Å². The van der Waals surface area contributed by atoms with Crippen LogP contribution in [-0.2, 0) is 9.53 Å². The van der Waals surface area contributed by atoms with Gasteiger partial charge in [0.25, 0.3) is 0 Å². The zero-order valence-corrected chi connectivity index (χ0v) is 10.6. The van der Waals surface area contributed by atoms with Gasteiger partial charge in [-0.25, -0.2) is 4.79 Å². The van der Waals surface area contributed by atoms with Gasteiger partial charge in [-0.15, -0.1) is 10.2 Å². The summed E-state index contributed by atoms with van der Waals surface area (Å²) >= 11 is 0. The van der Waals surface area contributed by atoms with E-state index in [1.807, 2.05) is 6.07 Å². The van der Waals surface area contributed by atoms with Crippen LogP contribution in [0, 0.1) is 11.3 Å². The monoisotopic (exact) mass is 259 g/mol. The Labute approximate surface area is 110 Å². The number of benzene rings is 1. The minimum atomic E-state index is -0.763. The molecule has 0 heterocycles. The van der Waals surface area contributed by atoms with E-state index in [0.29, 0.717) is 11.3 Å². The van der Waals surface area contributed by atoms with Crippen LogP contribution in [0.1, 0.15) is 19.4 Å². The van der Waals surface area contributed by atoms with Crippen LogP contribution in [0.25, 0.3) is 0 Å². The minimum Gasteiger partial charge on any atom is -0.510 e. The molecule has 0 aromatic heterocycles. The van der Waals surface area contributed by atoms with Crippen LogP contribution in [-0.4, -0.2) is 17.7 Å². The lowest BCUT2D eigenvalue weighted by Crippen LogP contribution is -2.07. The van der Waals surface area contributed by atoms with Crippen LogP contribution < -0.4 is 0 Å². The number of rotatable bonds is 4. The number of allylic oxidation sites excluding steroid dienone is 1. The molecule has 0 saturated carbocycles. The zero-order valence-electron chi connectivity index (χ0n) is 10.6. The number of nitrogens with zero attached hydrogens (tertiary/aromatic N) is 3. The third-order valence-corrected chi connectivity index (χ3v) is 2.09. The second-order valence-electron chi connectivity index (χ2n) is 3.48. The summed E-state index contributed by atoms with van der Waals surface area (Å²) in [5, 5.41) is 25.7. The molecular formula is C13H13N3O3. The number of ether oxygens (including phenoxy) is 1. The maximum atomic E-state index is 11.5. The van der Waals surface area contributed by atoms with Gasteiger partial charge in [-0.05, 0) is 26.0 Å². The van der Waals surface area contributed by atoms with Crippen molar-refractivity contribution in [1.82, 2.24) is 0 Å². The Morgan fingerprint density at radius 1 is 1.47 bits per heavy atom. The average molecular weight is 259 g/mol. The quantitative estimate of drug-likeness (QED) is 0.389. The lowest BCUT2D eigenvalue weighted by Gasteiger charge is -2.02.